The molecule has 2 aliphatic rings. The number of carbonyl (C=O) groups is 1. The molecule has 196 valence electrons. The fourth-order valence-electron chi connectivity index (χ4n) is 5.22. The number of pyridine rings is 1. The van der Waals surface area contributed by atoms with Gasteiger partial charge in [0.1, 0.15) is 23.2 Å². The summed E-state index contributed by atoms with van der Waals surface area (Å²) in [6.45, 7) is 5.86. The summed E-state index contributed by atoms with van der Waals surface area (Å²) >= 11 is 0. The SMILES string of the molecule is CC(C)(O)C(=O)N1CC2(CCN(c3ccc(Oc4cncc(-c5ccc(F)c(F)c5)c4)cc3C#N)CC2)C1. The Bertz CT molecular complexity index is 1410. The van der Waals surface area contributed by atoms with Gasteiger partial charge in [0, 0.05) is 49.4 Å². The molecule has 0 radical (unpaired) electrons. The van der Waals surface area contributed by atoms with Crippen LogP contribution in [0.15, 0.2) is 54.9 Å². The Balaban J connectivity index is 1.25. The normalized spacial score (nSPS) is 16.6. The van der Waals surface area contributed by atoms with Gasteiger partial charge in [0.2, 0.25) is 0 Å². The Labute approximate surface area is 219 Å². The summed E-state index contributed by atoms with van der Waals surface area (Å²) in [5.74, 6) is -1.23. The lowest BCUT2D eigenvalue weighted by atomic mass is 9.71. The minimum absolute atomic E-state index is 0.0682. The lowest BCUT2D eigenvalue weighted by molar-refractivity contribution is -0.161. The van der Waals surface area contributed by atoms with Gasteiger partial charge in [0.25, 0.3) is 5.91 Å². The summed E-state index contributed by atoms with van der Waals surface area (Å²) in [7, 11) is 0. The number of rotatable bonds is 5. The van der Waals surface area contributed by atoms with Gasteiger partial charge >= 0.3 is 0 Å². The van der Waals surface area contributed by atoms with E-state index in [0.717, 1.165) is 43.8 Å². The summed E-state index contributed by atoms with van der Waals surface area (Å²) in [6.07, 6.45) is 4.84. The molecule has 1 amide bonds. The molecule has 38 heavy (non-hydrogen) atoms. The van der Waals surface area contributed by atoms with Crippen LogP contribution in [-0.2, 0) is 4.79 Å². The Morgan fingerprint density at radius 1 is 1.03 bits per heavy atom. The zero-order chi connectivity index (χ0) is 27.1. The van der Waals surface area contributed by atoms with Crippen LogP contribution in [0.3, 0.4) is 0 Å². The lowest BCUT2D eigenvalue weighted by Gasteiger charge is -2.55. The summed E-state index contributed by atoms with van der Waals surface area (Å²) < 4.78 is 32.9. The van der Waals surface area contributed by atoms with E-state index in [0.29, 0.717) is 41.3 Å². The van der Waals surface area contributed by atoms with Gasteiger partial charge < -0.3 is 19.6 Å². The van der Waals surface area contributed by atoms with E-state index in [4.69, 9.17) is 4.74 Å². The van der Waals surface area contributed by atoms with Gasteiger partial charge in [-0.15, -0.1) is 0 Å². The van der Waals surface area contributed by atoms with Crippen LogP contribution < -0.4 is 9.64 Å². The first-order chi connectivity index (χ1) is 18.1. The monoisotopic (exact) mass is 518 g/mol. The lowest BCUT2D eigenvalue weighted by Crippen LogP contribution is -2.64. The van der Waals surface area contributed by atoms with Crippen molar-refractivity contribution in [1.82, 2.24) is 9.88 Å². The number of aromatic nitrogens is 1. The number of ether oxygens (including phenoxy) is 1. The summed E-state index contributed by atoms with van der Waals surface area (Å²) in [4.78, 5) is 20.4. The molecular weight excluding hydrogens is 490 g/mol. The van der Waals surface area contributed by atoms with Crippen molar-refractivity contribution in [2.45, 2.75) is 32.3 Å². The molecule has 3 aromatic rings. The molecule has 0 saturated carbocycles. The minimum atomic E-state index is -1.36. The molecule has 0 aliphatic carbocycles. The Morgan fingerprint density at radius 3 is 2.42 bits per heavy atom. The molecular formula is C29H28F2N4O3. The number of hydrogen-bond donors (Lipinski definition) is 1. The van der Waals surface area contributed by atoms with Crippen molar-refractivity contribution in [2.75, 3.05) is 31.1 Å². The molecule has 2 aromatic carbocycles. The maximum absolute atomic E-state index is 13.7. The quantitative estimate of drug-likeness (QED) is 0.517. The first-order valence-electron chi connectivity index (χ1n) is 12.5. The number of aliphatic hydroxyl groups is 1. The van der Waals surface area contributed by atoms with Gasteiger partial charge in [0.05, 0.1) is 17.4 Å². The molecule has 2 saturated heterocycles. The smallest absolute Gasteiger partial charge is 0.253 e. The number of nitriles is 1. The number of hydrogen-bond acceptors (Lipinski definition) is 6. The van der Waals surface area contributed by atoms with Crippen LogP contribution in [0.5, 0.6) is 11.5 Å². The van der Waals surface area contributed by atoms with Crippen LogP contribution in [-0.4, -0.2) is 52.7 Å². The maximum atomic E-state index is 13.7. The van der Waals surface area contributed by atoms with Crippen molar-refractivity contribution in [3.63, 3.8) is 0 Å². The molecule has 0 unspecified atom stereocenters. The van der Waals surface area contributed by atoms with E-state index in [1.807, 2.05) is 6.07 Å². The van der Waals surface area contributed by atoms with Gasteiger partial charge in [-0.25, -0.2) is 8.78 Å². The van der Waals surface area contributed by atoms with Crippen LogP contribution in [0.25, 0.3) is 11.1 Å². The van der Waals surface area contributed by atoms with Gasteiger partial charge in [-0.2, -0.15) is 5.26 Å². The third-order valence-corrected chi connectivity index (χ3v) is 7.32. The molecule has 1 spiro atoms. The van der Waals surface area contributed by atoms with E-state index in [2.05, 4.69) is 16.0 Å². The zero-order valence-corrected chi connectivity index (χ0v) is 21.2. The highest BCUT2D eigenvalue weighted by Gasteiger charge is 2.49. The van der Waals surface area contributed by atoms with Crippen LogP contribution in [0.4, 0.5) is 14.5 Å². The third-order valence-electron chi connectivity index (χ3n) is 7.32. The topological polar surface area (TPSA) is 89.7 Å². The molecule has 7 nitrogen and oxygen atoms in total. The van der Waals surface area contributed by atoms with E-state index in [-0.39, 0.29) is 11.3 Å². The second kappa shape index (κ2) is 9.69. The van der Waals surface area contributed by atoms with E-state index < -0.39 is 17.2 Å². The summed E-state index contributed by atoms with van der Waals surface area (Å²) in [6, 6.07) is 12.9. The minimum Gasteiger partial charge on any atom is -0.456 e. The van der Waals surface area contributed by atoms with Crippen molar-refractivity contribution in [2.24, 2.45) is 5.41 Å². The average molecular weight is 519 g/mol. The number of piperidine rings is 1. The van der Waals surface area contributed by atoms with E-state index in [1.165, 1.54) is 32.3 Å². The first-order valence-corrected chi connectivity index (χ1v) is 12.5. The second-order valence-corrected chi connectivity index (χ2v) is 10.6. The molecule has 0 atom stereocenters. The number of benzene rings is 2. The van der Waals surface area contributed by atoms with Crippen molar-refractivity contribution in [1.29, 1.82) is 5.26 Å². The highest BCUT2D eigenvalue weighted by Crippen LogP contribution is 2.43. The van der Waals surface area contributed by atoms with E-state index in [9.17, 15) is 23.9 Å². The highest BCUT2D eigenvalue weighted by molar-refractivity contribution is 5.85. The van der Waals surface area contributed by atoms with Crippen LogP contribution in [0.2, 0.25) is 0 Å². The number of anilines is 1. The van der Waals surface area contributed by atoms with Gasteiger partial charge in [-0.3, -0.25) is 9.78 Å². The first kappa shape index (κ1) is 25.6. The van der Waals surface area contributed by atoms with Crippen LogP contribution in [0.1, 0.15) is 32.3 Å². The molecule has 2 fully saturated rings. The molecule has 3 heterocycles. The summed E-state index contributed by atoms with van der Waals surface area (Å²) in [5.41, 5.74) is 1.06. The number of halogens is 2. The molecule has 9 heteroatoms. The predicted molar refractivity (Wildman–Crippen MR) is 138 cm³/mol. The largest absolute Gasteiger partial charge is 0.456 e. The number of amides is 1. The second-order valence-electron chi connectivity index (χ2n) is 10.6. The summed E-state index contributed by atoms with van der Waals surface area (Å²) in [5, 5.41) is 19.8. The fourth-order valence-corrected chi connectivity index (χ4v) is 5.22. The van der Waals surface area contributed by atoms with Crippen molar-refractivity contribution in [3.05, 3.63) is 72.1 Å². The Kier molecular flexibility index (Phi) is 6.53. The predicted octanol–water partition coefficient (Wildman–Crippen LogP) is 4.89. The average Bonchev–Trinajstić information content (AvgIpc) is 2.88. The van der Waals surface area contributed by atoms with Crippen molar-refractivity contribution >= 4 is 11.6 Å². The maximum Gasteiger partial charge on any atom is 0.253 e. The van der Waals surface area contributed by atoms with Crippen LogP contribution >= 0.6 is 0 Å². The van der Waals surface area contributed by atoms with Gasteiger partial charge in [-0.1, -0.05) is 6.07 Å². The molecule has 5 rings (SSSR count). The standard InChI is InChI=1S/C29H28F2N4O3/c1-28(2,37)27(36)35-17-29(18-35)7-9-34(10-8-29)26-6-4-22(11-20(26)14-32)38-23-12-21(15-33-16-23)19-3-5-24(30)25(31)13-19/h3-6,11-13,15-16,37H,7-10,17-18H2,1-2H3. The number of likely N-dealkylation sites (tertiary alicyclic amines) is 1. The van der Waals surface area contributed by atoms with E-state index in [1.54, 1.807) is 23.1 Å². The Morgan fingerprint density at radius 2 is 1.76 bits per heavy atom. The Hall–Kier alpha value is -4.03. The molecule has 1 N–H and O–H groups in total. The number of nitrogens with zero attached hydrogens (tertiary/aromatic N) is 4. The highest BCUT2D eigenvalue weighted by atomic mass is 19.2. The molecule has 0 bridgehead atoms. The number of carbonyl (C=O) groups excluding carboxylic acids is 1. The zero-order valence-electron chi connectivity index (χ0n) is 21.2. The van der Waals surface area contributed by atoms with Gasteiger partial charge in [-0.05, 0) is 62.6 Å². The molecule has 1 aromatic heterocycles. The van der Waals surface area contributed by atoms with Crippen molar-refractivity contribution < 1.29 is 23.4 Å². The van der Waals surface area contributed by atoms with Gasteiger partial charge in [0.15, 0.2) is 11.6 Å². The third kappa shape index (κ3) is 5.04. The van der Waals surface area contributed by atoms with Crippen LogP contribution in [0, 0.1) is 28.4 Å². The molecule has 2 aliphatic heterocycles. The van der Waals surface area contributed by atoms with E-state index >= 15 is 0 Å². The van der Waals surface area contributed by atoms with Crippen molar-refractivity contribution in [3.8, 4) is 28.7 Å². The fraction of sp³-hybridized carbons (Fsp3) is 0.345.